The lowest BCUT2D eigenvalue weighted by molar-refractivity contribution is -0.111. The Labute approximate surface area is 171 Å². The van der Waals surface area contributed by atoms with Gasteiger partial charge in [0, 0.05) is 28.9 Å². The van der Waals surface area contributed by atoms with Crippen molar-refractivity contribution >= 4 is 27.7 Å². The van der Waals surface area contributed by atoms with Crippen LogP contribution in [0.3, 0.4) is 0 Å². The third kappa shape index (κ3) is 6.62. The quantitative estimate of drug-likeness (QED) is 0.672. The molecule has 0 bridgehead atoms. The van der Waals surface area contributed by atoms with E-state index in [1.54, 1.807) is 64.3 Å². The van der Waals surface area contributed by atoms with Gasteiger partial charge in [-0.05, 0) is 57.2 Å². The number of methoxy groups -OCH3 is 2. The highest BCUT2D eigenvalue weighted by atomic mass is 32.2. The Balaban J connectivity index is 2.15. The van der Waals surface area contributed by atoms with Gasteiger partial charge in [-0.3, -0.25) is 4.79 Å². The molecule has 0 aliphatic carbocycles. The van der Waals surface area contributed by atoms with Gasteiger partial charge in [0.1, 0.15) is 11.5 Å². The zero-order valence-electron chi connectivity index (χ0n) is 17.1. The number of amides is 1. The van der Waals surface area contributed by atoms with Crippen molar-refractivity contribution in [1.29, 1.82) is 0 Å². The Hall–Kier alpha value is -2.84. The summed E-state index contributed by atoms with van der Waals surface area (Å²) in [7, 11) is -0.605. The van der Waals surface area contributed by atoms with Gasteiger partial charge in [0.2, 0.25) is 15.9 Å². The van der Waals surface area contributed by atoms with Crippen molar-refractivity contribution in [2.75, 3.05) is 19.5 Å². The number of anilines is 1. The molecule has 0 aromatic heterocycles. The van der Waals surface area contributed by atoms with Crippen molar-refractivity contribution in [1.82, 2.24) is 4.72 Å². The molecular formula is C21H26N2O5S. The van der Waals surface area contributed by atoms with Crippen LogP contribution >= 0.6 is 0 Å². The third-order valence-corrected chi connectivity index (χ3v) is 5.46. The Morgan fingerprint density at radius 1 is 1.03 bits per heavy atom. The normalized spacial score (nSPS) is 12.0. The Kier molecular flexibility index (Phi) is 7.05. The molecule has 2 rings (SSSR count). The molecule has 0 radical (unpaired) electrons. The number of carbonyl (C=O) groups is 1. The molecule has 0 heterocycles. The number of sulfonamides is 1. The van der Waals surface area contributed by atoms with E-state index in [1.807, 2.05) is 0 Å². The second kappa shape index (κ2) is 9.11. The maximum Gasteiger partial charge on any atom is 0.248 e. The molecule has 0 saturated carbocycles. The molecule has 1 amide bonds. The summed E-state index contributed by atoms with van der Waals surface area (Å²) in [6.45, 7) is 5.28. The number of nitrogens with one attached hydrogen (secondary N) is 2. The molecule has 7 nitrogen and oxygen atoms in total. The number of hydrogen-bond donors (Lipinski definition) is 2. The van der Waals surface area contributed by atoms with E-state index in [2.05, 4.69) is 10.0 Å². The van der Waals surface area contributed by atoms with E-state index in [0.29, 0.717) is 22.7 Å². The average Bonchev–Trinajstić information content (AvgIpc) is 2.64. The Bertz CT molecular complexity index is 1010. The second-order valence-corrected chi connectivity index (χ2v) is 9.00. The highest BCUT2D eigenvalue weighted by Crippen LogP contribution is 2.25. The molecule has 2 aromatic carbocycles. The van der Waals surface area contributed by atoms with Crippen LogP contribution in [0.15, 0.2) is 53.4 Å². The third-order valence-electron chi connectivity index (χ3n) is 3.71. The fourth-order valence-corrected chi connectivity index (χ4v) is 3.97. The zero-order valence-corrected chi connectivity index (χ0v) is 18.0. The lowest BCUT2D eigenvalue weighted by Crippen LogP contribution is -2.40. The highest BCUT2D eigenvalue weighted by Gasteiger charge is 2.22. The number of carbonyl (C=O) groups excluding carboxylic acids is 1. The van der Waals surface area contributed by atoms with Gasteiger partial charge < -0.3 is 14.8 Å². The van der Waals surface area contributed by atoms with E-state index in [9.17, 15) is 13.2 Å². The van der Waals surface area contributed by atoms with E-state index >= 15 is 0 Å². The van der Waals surface area contributed by atoms with Crippen LogP contribution in [-0.4, -0.2) is 34.1 Å². The predicted molar refractivity (Wildman–Crippen MR) is 114 cm³/mol. The van der Waals surface area contributed by atoms with Crippen molar-refractivity contribution in [3.8, 4) is 11.5 Å². The number of benzene rings is 2. The summed E-state index contributed by atoms with van der Waals surface area (Å²) in [5.41, 5.74) is 0.463. The first-order chi connectivity index (χ1) is 13.5. The maximum atomic E-state index is 12.5. The van der Waals surface area contributed by atoms with Crippen molar-refractivity contribution in [2.45, 2.75) is 31.2 Å². The monoisotopic (exact) mass is 418 g/mol. The summed E-state index contributed by atoms with van der Waals surface area (Å²) >= 11 is 0. The van der Waals surface area contributed by atoms with E-state index in [1.165, 1.54) is 25.3 Å². The summed E-state index contributed by atoms with van der Waals surface area (Å²) in [4.78, 5) is 12.3. The van der Waals surface area contributed by atoms with Gasteiger partial charge in [-0.1, -0.05) is 6.07 Å². The highest BCUT2D eigenvalue weighted by molar-refractivity contribution is 7.89. The van der Waals surface area contributed by atoms with Crippen molar-refractivity contribution < 1.29 is 22.7 Å². The molecule has 2 aromatic rings. The van der Waals surface area contributed by atoms with Crippen LogP contribution in [-0.2, 0) is 14.8 Å². The molecule has 0 aliphatic rings. The fraction of sp³-hybridized carbons (Fsp3) is 0.286. The van der Waals surface area contributed by atoms with Crippen LogP contribution in [0, 0.1) is 0 Å². The van der Waals surface area contributed by atoms with Gasteiger partial charge in [0.25, 0.3) is 0 Å². The first-order valence-electron chi connectivity index (χ1n) is 8.89. The van der Waals surface area contributed by atoms with E-state index in [0.717, 1.165) is 0 Å². The zero-order chi connectivity index (χ0) is 21.7. The van der Waals surface area contributed by atoms with Gasteiger partial charge in [-0.25, -0.2) is 13.1 Å². The van der Waals surface area contributed by atoms with Gasteiger partial charge in [0.15, 0.2) is 0 Å². The maximum absolute atomic E-state index is 12.5. The molecule has 0 aliphatic heterocycles. The van der Waals surface area contributed by atoms with Crippen LogP contribution in [0.25, 0.3) is 6.08 Å². The molecule has 2 N–H and O–H groups in total. The van der Waals surface area contributed by atoms with Gasteiger partial charge in [-0.2, -0.15) is 0 Å². The van der Waals surface area contributed by atoms with Crippen molar-refractivity contribution in [3.63, 3.8) is 0 Å². The van der Waals surface area contributed by atoms with E-state index in [-0.39, 0.29) is 4.90 Å². The number of hydrogen-bond acceptors (Lipinski definition) is 5. The smallest absolute Gasteiger partial charge is 0.248 e. The summed E-state index contributed by atoms with van der Waals surface area (Å²) < 4.78 is 37.9. The minimum atomic E-state index is -3.69. The molecule has 8 heteroatoms. The van der Waals surface area contributed by atoms with Crippen LogP contribution < -0.4 is 19.5 Å². The Morgan fingerprint density at radius 3 is 2.38 bits per heavy atom. The van der Waals surface area contributed by atoms with Crippen LogP contribution in [0.2, 0.25) is 0 Å². The van der Waals surface area contributed by atoms with Crippen LogP contribution in [0.5, 0.6) is 11.5 Å². The summed E-state index contributed by atoms with van der Waals surface area (Å²) in [5, 5.41) is 2.66. The second-order valence-electron chi connectivity index (χ2n) is 7.31. The minimum Gasteiger partial charge on any atom is -0.497 e. The molecule has 29 heavy (non-hydrogen) atoms. The Morgan fingerprint density at radius 2 is 1.76 bits per heavy atom. The lowest BCUT2D eigenvalue weighted by Gasteiger charge is -2.20. The molecule has 0 fully saturated rings. The standard InChI is InChI=1S/C21H26N2O5S/c1-21(2,3)23-29(25,26)18-8-6-7-16(13-18)22-20(24)12-10-15-9-11-17(27-4)14-19(15)28-5/h6-14,23H,1-5H3,(H,22,24)/b12-10+. The number of rotatable bonds is 7. The van der Waals surface area contributed by atoms with E-state index < -0.39 is 21.5 Å². The van der Waals surface area contributed by atoms with E-state index in [4.69, 9.17) is 9.47 Å². The average molecular weight is 419 g/mol. The van der Waals surface area contributed by atoms with Gasteiger partial charge in [0.05, 0.1) is 19.1 Å². The molecule has 156 valence electrons. The van der Waals surface area contributed by atoms with Crippen molar-refractivity contribution in [3.05, 3.63) is 54.1 Å². The molecule has 0 saturated heterocycles. The molecular weight excluding hydrogens is 392 g/mol. The largest absolute Gasteiger partial charge is 0.497 e. The van der Waals surface area contributed by atoms with Gasteiger partial charge >= 0.3 is 0 Å². The fourth-order valence-electron chi connectivity index (χ4n) is 2.51. The first kappa shape index (κ1) is 22.4. The SMILES string of the molecule is COc1ccc(/C=C/C(=O)Nc2cccc(S(=O)(=O)NC(C)(C)C)c2)c(OC)c1. The van der Waals surface area contributed by atoms with Crippen LogP contribution in [0.1, 0.15) is 26.3 Å². The predicted octanol–water partition coefficient (Wildman–Crippen LogP) is 3.43. The summed E-state index contributed by atoms with van der Waals surface area (Å²) in [6.07, 6.45) is 2.95. The topological polar surface area (TPSA) is 93.7 Å². The van der Waals surface area contributed by atoms with Crippen molar-refractivity contribution in [2.24, 2.45) is 0 Å². The molecule has 0 atom stereocenters. The molecule has 0 unspecified atom stereocenters. The molecule has 0 spiro atoms. The number of ether oxygens (including phenoxy) is 2. The lowest BCUT2D eigenvalue weighted by atomic mass is 10.1. The van der Waals surface area contributed by atoms with Gasteiger partial charge in [-0.15, -0.1) is 0 Å². The minimum absolute atomic E-state index is 0.0750. The summed E-state index contributed by atoms with van der Waals surface area (Å²) in [6, 6.07) is 11.3. The first-order valence-corrected chi connectivity index (χ1v) is 10.4. The van der Waals surface area contributed by atoms with Crippen LogP contribution in [0.4, 0.5) is 5.69 Å². The summed E-state index contributed by atoms with van der Waals surface area (Å²) in [5.74, 6) is 0.807.